The van der Waals surface area contributed by atoms with E-state index in [4.69, 9.17) is 13.7 Å². The fourth-order valence-electron chi connectivity index (χ4n) is 4.91. The molecule has 1 aliphatic rings. The van der Waals surface area contributed by atoms with Gasteiger partial charge in [-0.15, -0.1) is 0 Å². The van der Waals surface area contributed by atoms with Gasteiger partial charge in [-0.05, 0) is 73.0 Å². The molecule has 0 aromatic heterocycles. The Labute approximate surface area is 265 Å². The van der Waals surface area contributed by atoms with Crippen molar-refractivity contribution in [1.29, 1.82) is 0 Å². The summed E-state index contributed by atoms with van der Waals surface area (Å²) >= 11 is 0. The molecule has 242 valence electrons. The third-order valence-electron chi connectivity index (χ3n) is 7.35. The minimum absolute atomic E-state index is 0.00128. The van der Waals surface area contributed by atoms with E-state index in [1.54, 1.807) is 64.1 Å². The molecule has 1 saturated heterocycles. The standard InChI is InChI=1S/C32H39N3O8S2/c1-6-35(7-2)44(37,38)26-12-13-28(34-16-18-42-19-17-34)27(22-26)33-32(36)15-11-25-10-14-29(30(21-25)41-5)43-45(39,40)31-20-23(3)8-9-24(31)4/h8-15,20-22H,6-7,16-19H2,1-5H3,(H,33,36). The number of morpholine rings is 1. The van der Waals surface area contributed by atoms with Gasteiger partial charge in [-0.3, -0.25) is 4.79 Å². The molecule has 0 atom stereocenters. The quantitative estimate of drug-likeness (QED) is 0.219. The number of carbonyl (C=O) groups is 1. The van der Waals surface area contributed by atoms with E-state index in [2.05, 4.69) is 5.32 Å². The summed E-state index contributed by atoms with van der Waals surface area (Å²) in [6, 6.07) is 14.4. The second kappa shape index (κ2) is 14.5. The lowest BCUT2D eigenvalue weighted by Crippen LogP contribution is -2.37. The first-order valence-corrected chi connectivity index (χ1v) is 17.4. The maximum atomic E-state index is 13.2. The largest absolute Gasteiger partial charge is 0.493 e. The highest BCUT2D eigenvalue weighted by Crippen LogP contribution is 2.33. The SMILES string of the molecule is CCN(CC)S(=O)(=O)c1ccc(N2CCOCC2)c(NC(=O)C=Cc2ccc(OS(=O)(=O)c3cc(C)ccc3C)c(OC)c2)c1. The number of rotatable bonds is 12. The van der Waals surface area contributed by atoms with Gasteiger partial charge >= 0.3 is 10.1 Å². The lowest BCUT2D eigenvalue weighted by atomic mass is 10.2. The van der Waals surface area contributed by atoms with Gasteiger partial charge in [-0.1, -0.05) is 32.0 Å². The van der Waals surface area contributed by atoms with Crippen LogP contribution in [0.4, 0.5) is 11.4 Å². The van der Waals surface area contributed by atoms with Gasteiger partial charge in [0, 0.05) is 32.3 Å². The third kappa shape index (κ3) is 8.03. The Morgan fingerprint density at radius 1 is 0.956 bits per heavy atom. The molecular weight excluding hydrogens is 618 g/mol. The second-order valence-electron chi connectivity index (χ2n) is 10.4. The molecule has 45 heavy (non-hydrogen) atoms. The van der Waals surface area contributed by atoms with Crippen molar-refractivity contribution in [2.45, 2.75) is 37.5 Å². The van der Waals surface area contributed by atoms with E-state index in [9.17, 15) is 21.6 Å². The van der Waals surface area contributed by atoms with Crippen molar-refractivity contribution < 1.29 is 35.3 Å². The molecule has 0 saturated carbocycles. The van der Waals surface area contributed by atoms with E-state index in [1.165, 1.54) is 35.7 Å². The summed E-state index contributed by atoms with van der Waals surface area (Å²) in [6.45, 7) is 9.88. The molecule has 11 nitrogen and oxygen atoms in total. The fourth-order valence-corrected chi connectivity index (χ4v) is 7.65. The van der Waals surface area contributed by atoms with Crippen LogP contribution in [0.5, 0.6) is 11.5 Å². The van der Waals surface area contributed by atoms with Crippen LogP contribution in [0.3, 0.4) is 0 Å². The monoisotopic (exact) mass is 657 g/mol. The highest BCUT2D eigenvalue weighted by molar-refractivity contribution is 7.89. The Bertz CT molecular complexity index is 1780. The smallest absolute Gasteiger partial charge is 0.339 e. The highest BCUT2D eigenvalue weighted by Gasteiger charge is 2.25. The van der Waals surface area contributed by atoms with Crippen LogP contribution in [0.1, 0.15) is 30.5 Å². The molecule has 0 spiro atoms. The molecule has 1 fully saturated rings. The zero-order chi connectivity index (χ0) is 32.8. The summed E-state index contributed by atoms with van der Waals surface area (Å²) in [5.74, 6) is -0.324. The first-order valence-electron chi connectivity index (χ1n) is 14.5. The zero-order valence-corrected chi connectivity index (χ0v) is 27.7. The maximum Gasteiger partial charge on any atom is 0.339 e. The average molecular weight is 658 g/mol. The predicted molar refractivity (Wildman–Crippen MR) is 174 cm³/mol. The molecule has 1 aliphatic heterocycles. The third-order valence-corrected chi connectivity index (χ3v) is 10.8. The number of aryl methyl sites for hydroxylation is 2. The first kappa shape index (κ1) is 34.0. The van der Waals surface area contributed by atoms with E-state index < -0.39 is 26.0 Å². The Balaban J connectivity index is 1.57. The number of sulfonamides is 1. The Kier molecular flexibility index (Phi) is 10.9. The van der Waals surface area contributed by atoms with Gasteiger partial charge in [0.1, 0.15) is 4.90 Å². The van der Waals surface area contributed by atoms with E-state index in [1.807, 2.05) is 11.0 Å². The van der Waals surface area contributed by atoms with Gasteiger partial charge in [0.15, 0.2) is 11.5 Å². The summed E-state index contributed by atoms with van der Waals surface area (Å²) in [7, 11) is -6.50. The predicted octanol–water partition coefficient (Wildman–Crippen LogP) is 4.60. The lowest BCUT2D eigenvalue weighted by molar-refractivity contribution is -0.111. The summed E-state index contributed by atoms with van der Waals surface area (Å²) in [6.07, 6.45) is 2.84. The number of ether oxygens (including phenoxy) is 2. The van der Waals surface area contributed by atoms with Gasteiger partial charge in [0.05, 0.1) is 36.6 Å². The summed E-state index contributed by atoms with van der Waals surface area (Å²) < 4.78 is 70.1. The van der Waals surface area contributed by atoms with Crippen LogP contribution in [0.15, 0.2) is 70.5 Å². The van der Waals surface area contributed by atoms with Gasteiger partial charge < -0.3 is 23.9 Å². The minimum atomic E-state index is -4.13. The number of anilines is 2. The molecule has 0 bridgehead atoms. The van der Waals surface area contributed by atoms with Crippen LogP contribution in [-0.2, 0) is 29.7 Å². The van der Waals surface area contributed by atoms with Crippen molar-refractivity contribution in [2.24, 2.45) is 0 Å². The molecule has 1 N–H and O–H groups in total. The van der Waals surface area contributed by atoms with Gasteiger partial charge in [0.25, 0.3) is 0 Å². The number of hydrogen-bond acceptors (Lipinski definition) is 9. The van der Waals surface area contributed by atoms with Crippen LogP contribution in [0.25, 0.3) is 6.08 Å². The van der Waals surface area contributed by atoms with Crippen LogP contribution >= 0.6 is 0 Å². The molecular formula is C32H39N3O8S2. The van der Waals surface area contributed by atoms with Crippen molar-refractivity contribution in [1.82, 2.24) is 4.31 Å². The molecule has 4 rings (SSSR count). The van der Waals surface area contributed by atoms with Crippen LogP contribution in [0.2, 0.25) is 0 Å². The van der Waals surface area contributed by atoms with Gasteiger partial charge in [-0.2, -0.15) is 12.7 Å². The first-order chi connectivity index (χ1) is 21.4. The number of carbonyl (C=O) groups excluding carboxylic acids is 1. The normalized spacial score (nSPS) is 14.1. The summed E-state index contributed by atoms with van der Waals surface area (Å²) in [5, 5.41) is 2.84. The van der Waals surface area contributed by atoms with E-state index in [0.29, 0.717) is 61.9 Å². The minimum Gasteiger partial charge on any atom is -0.493 e. The van der Waals surface area contributed by atoms with Crippen molar-refractivity contribution in [3.8, 4) is 11.5 Å². The van der Waals surface area contributed by atoms with Crippen molar-refractivity contribution >= 4 is 43.5 Å². The molecule has 0 unspecified atom stereocenters. The van der Waals surface area contributed by atoms with E-state index >= 15 is 0 Å². The second-order valence-corrected chi connectivity index (χ2v) is 13.9. The highest BCUT2D eigenvalue weighted by atomic mass is 32.2. The number of nitrogens with one attached hydrogen (secondary N) is 1. The van der Waals surface area contributed by atoms with Crippen LogP contribution < -0.4 is 19.1 Å². The Hall–Kier alpha value is -3.91. The topological polar surface area (TPSA) is 132 Å². The zero-order valence-electron chi connectivity index (χ0n) is 26.1. The van der Waals surface area contributed by atoms with E-state index in [0.717, 1.165) is 5.56 Å². The molecule has 0 aliphatic carbocycles. The molecule has 0 radical (unpaired) electrons. The van der Waals surface area contributed by atoms with Crippen LogP contribution in [0, 0.1) is 13.8 Å². The summed E-state index contributed by atoms with van der Waals surface area (Å²) in [5.41, 5.74) is 2.93. The fraction of sp³-hybridized carbons (Fsp3) is 0.344. The molecule has 1 heterocycles. The van der Waals surface area contributed by atoms with Crippen molar-refractivity contribution in [3.05, 3.63) is 77.4 Å². The molecule has 1 amide bonds. The molecule has 3 aromatic rings. The number of hydrogen-bond donors (Lipinski definition) is 1. The average Bonchev–Trinajstić information content (AvgIpc) is 3.02. The summed E-state index contributed by atoms with van der Waals surface area (Å²) in [4.78, 5) is 15.3. The number of amides is 1. The van der Waals surface area contributed by atoms with E-state index in [-0.39, 0.29) is 21.3 Å². The van der Waals surface area contributed by atoms with Gasteiger partial charge in [-0.25, -0.2) is 8.42 Å². The lowest BCUT2D eigenvalue weighted by Gasteiger charge is -2.31. The van der Waals surface area contributed by atoms with Crippen molar-refractivity contribution in [3.63, 3.8) is 0 Å². The van der Waals surface area contributed by atoms with Crippen LogP contribution in [-0.4, -0.2) is 73.6 Å². The molecule has 3 aromatic carbocycles. The van der Waals surface area contributed by atoms with Gasteiger partial charge in [0.2, 0.25) is 15.9 Å². The molecule has 13 heteroatoms. The van der Waals surface area contributed by atoms with Crippen molar-refractivity contribution in [2.75, 3.05) is 56.7 Å². The number of benzene rings is 3. The number of nitrogens with zero attached hydrogens (tertiary/aromatic N) is 2. The Morgan fingerprint density at radius 3 is 2.33 bits per heavy atom. The Morgan fingerprint density at radius 2 is 1.67 bits per heavy atom. The maximum absolute atomic E-state index is 13.2. The number of methoxy groups -OCH3 is 1.